The van der Waals surface area contributed by atoms with Crippen molar-refractivity contribution < 1.29 is 0 Å². The Kier molecular flexibility index (Phi) is 2.44. The molecular weight excluding hydrogens is 206 g/mol. The Bertz CT molecular complexity index is 592. The Balaban J connectivity index is 2.77. The first-order chi connectivity index (χ1) is 7.58. The van der Waals surface area contributed by atoms with Gasteiger partial charge in [0.2, 0.25) is 0 Å². The van der Waals surface area contributed by atoms with E-state index in [0.717, 1.165) is 21.9 Å². The maximum Gasteiger partial charge on any atom is 0.349 e. The van der Waals surface area contributed by atoms with E-state index in [0.29, 0.717) is 5.69 Å². The largest absolute Gasteiger partial charge is 0.349 e. The number of aryl methyl sites for hydroxylation is 2. The first-order valence-electron chi connectivity index (χ1n) is 4.83. The number of nitrogens with zero attached hydrogens (tertiary/aromatic N) is 2. The highest BCUT2D eigenvalue weighted by molar-refractivity contribution is 5.39. The van der Waals surface area contributed by atoms with Crippen molar-refractivity contribution in [3.8, 4) is 5.69 Å². The maximum atomic E-state index is 11.5. The van der Waals surface area contributed by atoms with Crippen LogP contribution in [0.15, 0.2) is 34.0 Å². The molecule has 1 aromatic heterocycles. The summed E-state index contributed by atoms with van der Waals surface area (Å²) in [5.41, 5.74) is 1.59. The molecule has 0 unspecified atom stereocenters. The number of aromatic amines is 1. The summed E-state index contributed by atoms with van der Waals surface area (Å²) < 4.78 is 1.06. The van der Waals surface area contributed by atoms with Crippen LogP contribution in [0.2, 0.25) is 0 Å². The quantitative estimate of drug-likeness (QED) is 0.758. The van der Waals surface area contributed by atoms with Crippen LogP contribution in [0.3, 0.4) is 0 Å². The summed E-state index contributed by atoms with van der Waals surface area (Å²) in [5, 5.41) is 5.68. The molecule has 0 radical (unpaired) electrons. The van der Waals surface area contributed by atoms with Crippen molar-refractivity contribution in [1.82, 2.24) is 14.8 Å². The molecule has 2 rings (SSSR count). The van der Waals surface area contributed by atoms with Gasteiger partial charge in [0, 0.05) is 0 Å². The summed E-state index contributed by atoms with van der Waals surface area (Å²) in [7, 11) is 0. The van der Waals surface area contributed by atoms with Crippen molar-refractivity contribution >= 4 is 0 Å². The summed E-state index contributed by atoms with van der Waals surface area (Å²) >= 11 is 0. The summed E-state index contributed by atoms with van der Waals surface area (Å²) in [6, 6.07) is 5.54. The molecule has 0 saturated carbocycles. The van der Waals surface area contributed by atoms with Crippen LogP contribution in [0.25, 0.3) is 5.69 Å². The van der Waals surface area contributed by atoms with E-state index < -0.39 is 11.2 Å². The first-order valence-corrected chi connectivity index (χ1v) is 4.83. The van der Waals surface area contributed by atoms with Gasteiger partial charge in [-0.2, -0.15) is 5.10 Å². The molecule has 0 spiro atoms. The lowest BCUT2D eigenvalue weighted by Crippen LogP contribution is -2.33. The van der Waals surface area contributed by atoms with Gasteiger partial charge in [-0.15, -0.1) is 0 Å². The number of H-pyrrole nitrogens is 1. The highest BCUT2D eigenvalue weighted by atomic mass is 16.2. The second kappa shape index (κ2) is 3.77. The number of nitrogens with one attached hydrogen (secondary N) is 1. The summed E-state index contributed by atoms with van der Waals surface area (Å²) in [6.45, 7) is 3.83. The molecule has 1 aromatic carbocycles. The van der Waals surface area contributed by atoms with Crippen molar-refractivity contribution in [3.05, 3.63) is 56.4 Å². The third-order valence-corrected chi connectivity index (χ3v) is 2.22. The van der Waals surface area contributed by atoms with Crippen LogP contribution >= 0.6 is 0 Å². The lowest BCUT2D eigenvalue weighted by Gasteiger charge is -2.05. The third kappa shape index (κ3) is 1.79. The van der Waals surface area contributed by atoms with Crippen molar-refractivity contribution in [1.29, 1.82) is 0 Å². The molecule has 5 nitrogen and oxygen atoms in total. The lowest BCUT2D eigenvalue weighted by molar-refractivity contribution is 0.797. The SMILES string of the molecule is Cc1cc(C)cc(-n2c(=O)cn[nH]c2=O)c1. The zero-order valence-electron chi connectivity index (χ0n) is 9.02. The lowest BCUT2D eigenvalue weighted by atomic mass is 10.1. The molecule has 0 amide bonds. The van der Waals surface area contributed by atoms with Crippen LogP contribution in [0.5, 0.6) is 0 Å². The van der Waals surface area contributed by atoms with E-state index in [-0.39, 0.29) is 0 Å². The van der Waals surface area contributed by atoms with E-state index in [4.69, 9.17) is 0 Å². The van der Waals surface area contributed by atoms with Crippen LogP contribution in [0.1, 0.15) is 11.1 Å². The van der Waals surface area contributed by atoms with Gasteiger partial charge in [0.25, 0.3) is 5.56 Å². The Labute approximate surface area is 91.4 Å². The van der Waals surface area contributed by atoms with Crippen LogP contribution in [0, 0.1) is 13.8 Å². The highest BCUT2D eigenvalue weighted by Crippen LogP contribution is 2.10. The normalized spacial score (nSPS) is 10.4. The number of hydrogen-bond acceptors (Lipinski definition) is 3. The standard InChI is InChI=1S/C11H11N3O2/c1-7-3-8(2)5-9(4-7)14-10(15)6-12-13-11(14)16/h3-6H,1-2H3,(H,13,16). The molecule has 0 aliphatic carbocycles. The zero-order chi connectivity index (χ0) is 11.7. The van der Waals surface area contributed by atoms with Gasteiger partial charge < -0.3 is 0 Å². The molecule has 0 fully saturated rings. The average Bonchev–Trinajstić information content (AvgIpc) is 2.15. The smallest absolute Gasteiger partial charge is 0.267 e. The van der Waals surface area contributed by atoms with E-state index in [9.17, 15) is 9.59 Å². The maximum absolute atomic E-state index is 11.5. The van der Waals surface area contributed by atoms with Gasteiger partial charge in [-0.1, -0.05) is 6.07 Å². The Morgan fingerprint density at radius 1 is 1.12 bits per heavy atom. The number of benzene rings is 1. The topological polar surface area (TPSA) is 67.8 Å². The molecule has 1 N–H and O–H groups in total. The number of aromatic nitrogens is 3. The van der Waals surface area contributed by atoms with Crippen molar-refractivity contribution in [3.63, 3.8) is 0 Å². The second-order valence-corrected chi connectivity index (χ2v) is 3.69. The Morgan fingerprint density at radius 3 is 2.31 bits per heavy atom. The van der Waals surface area contributed by atoms with Crippen LogP contribution in [0.4, 0.5) is 0 Å². The predicted octanol–water partition coefficient (Wildman–Crippen LogP) is 0.538. The minimum absolute atomic E-state index is 0.436. The summed E-state index contributed by atoms with van der Waals surface area (Å²) in [6.07, 6.45) is 1.08. The molecule has 82 valence electrons. The van der Waals surface area contributed by atoms with E-state index in [1.54, 1.807) is 12.1 Å². The highest BCUT2D eigenvalue weighted by Gasteiger charge is 2.04. The van der Waals surface area contributed by atoms with E-state index >= 15 is 0 Å². The fraction of sp³-hybridized carbons (Fsp3) is 0.182. The minimum atomic E-state index is -0.530. The fourth-order valence-corrected chi connectivity index (χ4v) is 1.67. The molecule has 0 atom stereocenters. The van der Waals surface area contributed by atoms with Gasteiger partial charge >= 0.3 is 5.69 Å². The molecule has 0 bridgehead atoms. The third-order valence-electron chi connectivity index (χ3n) is 2.22. The summed E-state index contributed by atoms with van der Waals surface area (Å²) in [5.74, 6) is 0. The van der Waals surface area contributed by atoms with Gasteiger partial charge in [0.1, 0.15) is 6.20 Å². The van der Waals surface area contributed by atoms with Gasteiger partial charge in [-0.3, -0.25) is 4.79 Å². The van der Waals surface area contributed by atoms with Gasteiger partial charge in [-0.05, 0) is 37.1 Å². The Hall–Kier alpha value is -2.17. The molecule has 0 aliphatic rings. The molecule has 5 heteroatoms. The van der Waals surface area contributed by atoms with E-state index in [1.807, 2.05) is 19.9 Å². The molecule has 1 heterocycles. The second-order valence-electron chi connectivity index (χ2n) is 3.69. The summed E-state index contributed by atoms with van der Waals surface area (Å²) in [4.78, 5) is 23.1. The molecule has 0 saturated heterocycles. The minimum Gasteiger partial charge on any atom is -0.267 e. The first kappa shape index (κ1) is 10.4. The van der Waals surface area contributed by atoms with Crippen molar-refractivity contribution in [2.45, 2.75) is 13.8 Å². The molecule has 0 aliphatic heterocycles. The average molecular weight is 217 g/mol. The van der Waals surface area contributed by atoms with Gasteiger partial charge in [-0.25, -0.2) is 14.5 Å². The van der Waals surface area contributed by atoms with Crippen LogP contribution < -0.4 is 11.2 Å². The molecular formula is C11H11N3O2. The van der Waals surface area contributed by atoms with Gasteiger partial charge in [0.15, 0.2) is 0 Å². The fourth-order valence-electron chi connectivity index (χ4n) is 1.67. The van der Waals surface area contributed by atoms with Gasteiger partial charge in [0.05, 0.1) is 5.69 Å². The molecule has 2 aromatic rings. The Morgan fingerprint density at radius 2 is 1.75 bits per heavy atom. The van der Waals surface area contributed by atoms with Crippen molar-refractivity contribution in [2.24, 2.45) is 0 Å². The van der Waals surface area contributed by atoms with E-state index in [2.05, 4.69) is 10.2 Å². The zero-order valence-corrected chi connectivity index (χ0v) is 9.02. The van der Waals surface area contributed by atoms with Crippen LogP contribution in [-0.4, -0.2) is 14.8 Å². The molecule has 16 heavy (non-hydrogen) atoms. The van der Waals surface area contributed by atoms with Crippen molar-refractivity contribution in [2.75, 3.05) is 0 Å². The van der Waals surface area contributed by atoms with E-state index in [1.165, 1.54) is 0 Å². The number of hydrogen-bond donors (Lipinski definition) is 1. The van der Waals surface area contributed by atoms with Crippen LogP contribution in [-0.2, 0) is 0 Å². The predicted molar refractivity (Wildman–Crippen MR) is 59.9 cm³/mol. The number of rotatable bonds is 1. The monoisotopic (exact) mass is 217 g/mol.